The van der Waals surface area contributed by atoms with Crippen molar-refractivity contribution in [3.05, 3.63) is 59.2 Å². The molecule has 1 aliphatic heterocycles. The van der Waals surface area contributed by atoms with Crippen molar-refractivity contribution in [1.29, 1.82) is 0 Å². The zero-order valence-corrected chi connectivity index (χ0v) is 20.3. The highest BCUT2D eigenvalue weighted by molar-refractivity contribution is 6.01. The monoisotopic (exact) mass is 453 g/mol. The first-order valence-corrected chi connectivity index (χ1v) is 11.5. The Morgan fingerprint density at radius 2 is 1.76 bits per heavy atom. The molecule has 7 nitrogen and oxygen atoms in total. The van der Waals surface area contributed by atoms with Gasteiger partial charge in [-0.3, -0.25) is 9.59 Å². The van der Waals surface area contributed by atoms with E-state index in [-0.39, 0.29) is 11.8 Å². The third kappa shape index (κ3) is 5.14. The molecule has 0 bridgehead atoms. The molecule has 33 heavy (non-hydrogen) atoms. The lowest BCUT2D eigenvalue weighted by Gasteiger charge is -2.40. The maximum atomic E-state index is 13.5. The van der Waals surface area contributed by atoms with Crippen LogP contribution in [0.5, 0.6) is 11.5 Å². The van der Waals surface area contributed by atoms with E-state index < -0.39 is 12.0 Å². The predicted molar refractivity (Wildman–Crippen MR) is 129 cm³/mol. The Morgan fingerprint density at radius 1 is 1.06 bits per heavy atom. The summed E-state index contributed by atoms with van der Waals surface area (Å²) in [5.41, 5.74) is 2.14. The summed E-state index contributed by atoms with van der Waals surface area (Å²) >= 11 is 0. The van der Waals surface area contributed by atoms with Gasteiger partial charge >= 0.3 is 0 Å². The second-order valence-corrected chi connectivity index (χ2v) is 8.21. The molecule has 2 aromatic carbocycles. The van der Waals surface area contributed by atoms with Crippen LogP contribution in [0.4, 0.5) is 0 Å². The van der Waals surface area contributed by atoms with Crippen LogP contribution in [0.2, 0.25) is 0 Å². The van der Waals surface area contributed by atoms with E-state index in [9.17, 15) is 9.59 Å². The van der Waals surface area contributed by atoms with Gasteiger partial charge in [-0.15, -0.1) is 0 Å². The Bertz CT molecular complexity index is 974. The minimum atomic E-state index is -0.532. The molecule has 0 radical (unpaired) electrons. The van der Waals surface area contributed by atoms with Crippen LogP contribution >= 0.6 is 0 Å². The number of nitrogens with zero attached hydrogens (tertiary/aromatic N) is 2. The molecular weight excluding hydrogens is 418 g/mol. The zero-order valence-electron chi connectivity index (χ0n) is 20.3. The van der Waals surface area contributed by atoms with E-state index in [1.54, 1.807) is 32.2 Å². The molecule has 7 heteroatoms. The standard InChI is InChI=1S/C26H35N3O4/c1-6-29(7-2)16-10-15-27-25(30)23-19-11-8-9-12-20(19)26(31)28(3)24(23)18-13-14-21(32-4)22(17-18)33-5/h8-9,11-14,17,23-24H,6-7,10,15-16H2,1-5H3,(H,27,30)/t23-,24+/m0/s1. The molecule has 2 amide bonds. The van der Waals surface area contributed by atoms with Crippen LogP contribution in [-0.4, -0.2) is 69.1 Å². The fraction of sp³-hybridized carbons (Fsp3) is 0.462. The van der Waals surface area contributed by atoms with E-state index in [0.29, 0.717) is 23.6 Å². The number of benzene rings is 2. The fourth-order valence-electron chi connectivity index (χ4n) is 4.57. The normalized spacial score (nSPS) is 17.6. The van der Waals surface area contributed by atoms with Gasteiger partial charge in [-0.2, -0.15) is 0 Å². The summed E-state index contributed by atoms with van der Waals surface area (Å²) in [6.07, 6.45) is 0.873. The number of rotatable bonds is 10. The number of methoxy groups -OCH3 is 2. The third-order valence-electron chi connectivity index (χ3n) is 6.46. The van der Waals surface area contributed by atoms with Gasteiger partial charge in [0.2, 0.25) is 5.91 Å². The fourth-order valence-corrected chi connectivity index (χ4v) is 4.57. The first kappa shape index (κ1) is 24.6. The number of ether oxygens (including phenoxy) is 2. The molecule has 1 aliphatic rings. The summed E-state index contributed by atoms with van der Waals surface area (Å²) in [5, 5.41) is 3.12. The van der Waals surface area contributed by atoms with E-state index >= 15 is 0 Å². The number of amides is 2. The Balaban J connectivity index is 1.93. The lowest BCUT2D eigenvalue weighted by molar-refractivity contribution is -0.124. The van der Waals surface area contributed by atoms with Gasteiger partial charge in [0.15, 0.2) is 11.5 Å². The van der Waals surface area contributed by atoms with Crippen molar-refractivity contribution < 1.29 is 19.1 Å². The summed E-state index contributed by atoms with van der Waals surface area (Å²) in [6.45, 7) is 7.79. The van der Waals surface area contributed by atoms with Gasteiger partial charge < -0.3 is 24.6 Å². The van der Waals surface area contributed by atoms with Crippen LogP contribution in [0, 0.1) is 0 Å². The van der Waals surface area contributed by atoms with E-state index in [2.05, 4.69) is 24.1 Å². The average Bonchev–Trinajstić information content (AvgIpc) is 2.85. The molecule has 0 spiro atoms. The Morgan fingerprint density at radius 3 is 2.42 bits per heavy atom. The summed E-state index contributed by atoms with van der Waals surface area (Å²) in [7, 11) is 4.91. The van der Waals surface area contributed by atoms with Gasteiger partial charge in [-0.25, -0.2) is 0 Å². The van der Waals surface area contributed by atoms with Crippen LogP contribution in [0.15, 0.2) is 42.5 Å². The summed E-state index contributed by atoms with van der Waals surface area (Å²) in [4.78, 5) is 30.7. The Kier molecular flexibility index (Phi) is 8.33. The maximum absolute atomic E-state index is 13.5. The van der Waals surface area contributed by atoms with Crippen molar-refractivity contribution in [3.8, 4) is 11.5 Å². The Hall–Kier alpha value is -3.06. The topological polar surface area (TPSA) is 71.1 Å². The molecule has 3 rings (SSSR count). The van der Waals surface area contributed by atoms with Crippen molar-refractivity contribution in [1.82, 2.24) is 15.1 Å². The first-order chi connectivity index (χ1) is 16.0. The lowest BCUT2D eigenvalue weighted by Crippen LogP contribution is -2.46. The number of likely N-dealkylation sites (N-methyl/N-ethyl adjacent to an activating group) is 1. The molecular formula is C26H35N3O4. The van der Waals surface area contributed by atoms with Crippen LogP contribution in [0.3, 0.4) is 0 Å². The Labute approximate surface area is 196 Å². The molecule has 1 N–H and O–H groups in total. The van der Waals surface area contributed by atoms with E-state index in [1.807, 2.05) is 36.4 Å². The molecule has 178 valence electrons. The van der Waals surface area contributed by atoms with Gasteiger partial charge in [0.25, 0.3) is 5.91 Å². The molecule has 2 atom stereocenters. The number of hydrogen-bond donors (Lipinski definition) is 1. The van der Waals surface area contributed by atoms with E-state index in [4.69, 9.17) is 9.47 Å². The van der Waals surface area contributed by atoms with Gasteiger partial charge in [0.1, 0.15) is 0 Å². The molecule has 1 heterocycles. The number of fused-ring (bicyclic) bond motifs is 1. The largest absolute Gasteiger partial charge is 0.493 e. The highest BCUT2D eigenvalue weighted by atomic mass is 16.5. The number of carbonyl (C=O) groups is 2. The minimum Gasteiger partial charge on any atom is -0.493 e. The van der Waals surface area contributed by atoms with Crippen molar-refractivity contribution in [2.45, 2.75) is 32.2 Å². The van der Waals surface area contributed by atoms with Crippen LogP contribution in [0.25, 0.3) is 0 Å². The molecule has 0 saturated heterocycles. The van der Waals surface area contributed by atoms with Crippen molar-refractivity contribution in [3.63, 3.8) is 0 Å². The molecule has 0 unspecified atom stereocenters. The quantitative estimate of drug-likeness (QED) is 0.558. The summed E-state index contributed by atoms with van der Waals surface area (Å²) in [5.74, 6) is 0.449. The lowest BCUT2D eigenvalue weighted by atomic mass is 9.79. The van der Waals surface area contributed by atoms with E-state index in [0.717, 1.165) is 37.2 Å². The second kappa shape index (κ2) is 11.2. The van der Waals surface area contributed by atoms with Crippen LogP contribution in [0.1, 0.15) is 53.7 Å². The SMILES string of the molecule is CCN(CC)CCCNC(=O)[C@H]1c2ccccc2C(=O)N(C)[C@@H]1c1ccc(OC)c(OC)c1. The van der Waals surface area contributed by atoms with Gasteiger partial charge in [-0.05, 0) is 55.4 Å². The number of hydrogen-bond acceptors (Lipinski definition) is 5. The highest BCUT2D eigenvalue weighted by Gasteiger charge is 2.42. The predicted octanol–water partition coefficient (Wildman–Crippen LogP) is 3.46. The second-order valence-electron chi connectivity index (χ2n) is 8.21. The molecule has 0 fully saturated rings. The van der Waals surface area contributed by atoms with Gasteiger partial charge in [-0.1, -0.05) is 38.1 Å². The van der Waals surface area contributed by atoms with Crippen LogP contribution in [-0.2, 0) is 4.79 Å². The molecule has 2 aromatic rings. The maximum Gasteiger partial charge on any atom is 0.254 e. The number of nitrogens with one attached hydrogen (secondary N) is 1. The van der Waals surface area contributed by atoms with E-state index in [1.165, 1.54) is 0 Å². The van der Waals surface area contributed by atoms with Gasteiger partial charge in [0, 0.05) is 19.2 Å². The van der Waals surface area contributed by atoms with Crippen molar-refractivity contribution in [2.24, 2.45) is 0 Å². The van der Waals surface area contributed by atoms with Crippen molar-refractivity contribution >= 4 is 11.8 Å². The summed E-state index contributed by atoms with van der Waals surface area (Å²) < 4.78 is 10.9. The van der Waals surface area contributed by atoms with Gasteiger partial charge in [0.05, 0.1) is 26.2 Å². The molecule has 0 aromatic heterocycles. The molecule has 0 saturated carbocycles. The zero-order chi connectivity index (χ0) is 24.0. The third-order valence-corrected chi connectivity index (χ3v) is 6.46. The van der Waals surface area contributed by atoms with Crippen LogP contribution < -0.4 is 14.8 Å². The van der Waals surface area contributed by atoms with Crippen molar-refractivity contribution in [2.75, 3.05) is 47.4 Å². The first-order valence-electron chi connectivity index (χ1n) is 11.5. The minimum absolute atomic E-state index is 0.0823. The number of carbonyl (C=O) groups excluding carboxylic acids is 2. The smallest absolute Gasteiger partial charge is 0.254 e. The summed E-state index contributed by atoms with van der Waals surface area (Å²) in [6, 6.07) is 12.5. The molecule has 0 aliphatic carbocycles. The highest BCUT2D eigenvalue weighted by Crippen LogP contribution is 2.43. The average molecular weight is 454 g/mol.